The first-order valence-electron chi connectivity index (χ1n) is 26.5. The Bertz CT molecular complexity index is 743. The highest BCUT2D eigenvalue weighted by Gasteiger charge is 2.03. The van der Waals surface area contributed by atoms with Crippen LogP contribution in [0.2, 0.25) is 0 Å². The molecule has 2 heteroatoms. The van der Waals surface area contributed by atoms with Crippen LogP contribution in [0.25, 0.3) is 0 Å². The van der Waals surface area contributed by atoms with Crippen LogP contribution >= 0.6 is 0 Å². The van der Waals surface area contributed by atoms with Gasteiger partial charge in [0.05, 0.1) is 6.61 Å². The lowest BCUT2D eigenvalue weighted by Crippen LogP contribution is -2.05. The monoisotopic (exact) mass is 787 g/mol. The Morgan fingerprint density at radius 1 is 0.375 bits per heavy atom. The summed E-state index contributed by atoms with van der Waals surface area (Å²) in [6.45, 7) is 7.65. The van der Waals surface area contributed by atoms with Crippen LogP contribution in [0, 0.1) is 5.92 Å². The summed E-state index contributed by atoms with van der Waals surface area (Å²) in [6.07, 6.45) is 67.8. The average molecular weight is 787 g/mol. The summed E-state index contributed by atoms with van der Waals surface area (Å²) in [7, 11) is 0. The second-order valence-corrected chi connectivity index (χ2v) is 18.5. The first-order valence-corrected chi connectivity index (χ1v) is 26.5. The van der Waals surface area contributed by atoms with Crippen LogP contribution in [-0.2, 0) is 9.53 Å². The van der Waals surface area contributed by atoms with Crippen LogP contribution < -0.4 is 0 Å². The van der Waals surface area contributed by atoms with Gasteiger partial charge in [-0.2, -0.15) is 0 Å². The van der Waals surface area contributed by atoms with Gasteiger partial charge < -0.3 is 4.74 Å². The van der Waals surface area contributed by atoms with Gasteiger partial charge in [0.1, 0.15) is 0 Å². The van der Waals surface area contributed by atoms with E-state index in [4.69, 9.17) is 4.74 Å². The summed E-state index contributed by atoms with van der Waals surface area (Å²) in [5.41, 5.74) is 0. The zero-order chi connectivity index (χ0) is 40.5. The lowest BCUT2D eigenvalue weighted by molar-refractivity contribution is -0.143. The molecule has 0 aromatic carbocycles. The van der Waals surface area contributed by atoms with Crippen molar-refractivity contribution in [2.24, 2.45) is 5.92 Å². The number of esters is 1. The number of rotatable bonds is 49. The smallest absolute Gasteiger partial charge is 0.305 e. The van der Waals surface area contributed by atoms with E-state index in [1.54, 1.807) is 0 Å². The molecule has 2 nitrogen and oxygen atoms in total. The molecule has 0 saturated carbocycles. The van der Waals surface area contributed by atoms with Crippen molar-refractivity contribution in [3.8, 4) is 0 Å². The zero-order valence-electron chi connectivity index (χ0n) is 39.3. The first kappa shape index (κ1) is 55.2. The van der Waals surface area contributed by atoms with Crippen LogP contribution in [0.3, 0.4) is 0 Å². The Morgan fingerprint density at radius 3 is 1.00 bits per heavy atom. The molecule has 0 radical (unpaired) electrons. The Balaban J connectivity index is 3.16. The molecule has 0 bridgehead atoms. The van der Waals surface area contributed by atoms with Crippen molar-refractivity contribution in [1.82, 2.24) is 0 Å². The van der Waals surface area contributed by atoms with E-state index < -0.39 is 0 Å². The van der Waals surface area contributed by atoms with Gasteiger partial charge >= 0.3 is 5.97 Å². The van der Waals surface area contributed by atoms with Crippen molar-refractivity contribution in [3.05, 3.63) is 12.2 Å². The summed E-state index contributed by atoms with van der Waals surface area (Å²) < 4.78 is 5.50. The minimum atomic E-state index is 0.0288. The maximum Gasteiger partial charge on any atom is 0.305 e. The lowest BCUT2D eigenvalue weighted by Gasteiger charge is -2.07. The van der Waals surface area contributed by atoms with Gasteiger partial charge in [0.25, 0.3) is 0 Å². The molecule has 0 aliphatic rings. The van der Waals surface area contributed by atoms with E-state index in [1.807, 2.05) is 0 Å². The van der Waals surface area contributed by atoms with Crippen molar-refractivity contribution < 1.29 is 9.53 Å². The topological polar surface area (TPSA) is 26.3 Å². The molecule has 56 heavy (non-hydrogen) atoms. The molecule has 0 amide bonds. The van der Waals surface area contributed by atoms with E-state index in [0.29, 0.717) is 13.0 Å². The first-order chi connectivity index (χ1) is 27.7. The number of carbonyl (C=O) groups excluding carboxylic acids is 1. The van der Waals surface area contributed by atoms with Gasteiger partial charge in [-0.15, -0.1) is 0 Å². The van der Waals surface area contributed by atoms with Crippen molar-refractivity contribution in [1.29, 1.82) is 0 Å². The molecule has 0 aliphatic carbocycles. The number of hydrogen-bond donors (Lipinski definition) is 0. The zero-order valence-corrected chi connectivity index (χ0v) is 39.3. The summed E-state index contributed by atoms with van der Waals surface area (Å²) in [5, 5.41) is 0. The molecular formula is C54H106O2. The molecule has 1 unspecified atom stereocenters. The predicted octanol–water partition coefficient (Wildman–Crippen LogP) is 19.7. The molecule has 0 N–H and O–H groups in total. The quantitative estimate of drug-likeness (QED) is 0.0349. The molecule has 0 rings (SSSR count). The van der Waals surface area contributed by atoms with Crippen LogP contribution in [0.4, 0.5) is 0 Å². The van der Waals surface area contributed by atoms with Crippen molar-refractivity contribution in [3.63, 3.8) is 0 Å². The highest BCUT2D eigenvalue weighted by Crippen LogP contribution is 2.18. The third kappa shape index (κ3) is 49.4. The van der Waals surface area contributed by atoms with Gasteiger partial charge in [-0.3, -0.25) is 4.79 Å². The standard InChI is InChI=1S/C54H106O2/c1-4-6-7-8-9-10-11-12-13-14-23-27-30-33-36-39-42-45-48-51-54(55)56-52-49-46-43-40-37-34-31-28-25-22-20-18-16-15-17-19-21-24-26-29-32-35-38-41-44-47-50-53(3)5-2/h12-13,53H,4-11,14-52H2,1-3H3. The van der Waals surface area contributed by atoms with Crippen LogP contribution in [0.15, 0.2) is 12.2 Å². The third-order valence-corrected chi connectivity index (χ3v) is 12.7. The molecular weight excluding hydrogens is 681 g/mol. The third-order valence-electron chi connectivity index (χ3n) is 12.7. The normalized spacial score (nSPS) is 12.3. The SMILES string of the molecule is CCCCCCCCC=CCCCCCCCCCCCC(=O)OCCCCCCCCCCCCCCCCCCCCCCCCCCCCC(C)CC. The largest absolute Gasteiger partial charge is 0.466 e. The van der Waals surface area contributed by atoms with Crippen molar-refractivity contribution in [2.45, 2.75) is 316 Å². The van der Waals surface area contributed by atoms with E-state index in [1.165, 1.54) is 276 Å². The molecule has 1 atom stereocenters. The van der Waals surface area contributed by atoms with Crippen molar-refractivity contribution >= 4 is 5.97 Å². The van der Waals surface area contributed by atoms with E-state index in [2.05, 4.69) is 32.9 Å². The summed E-state index contributed by atoms with van der Waals surface area (Å²) >= 11 is 0. The fraction of sp³-hybridized carbons (Fsp3) is 0.944. The second-order valence-electron chi connectivity index (χ2n) is 18.5. The second kappa shape index (κ2) is 50.4. The Hall–Kier alpha value is -0.790. The van der Waals surface area contributed by atoms with E-state index in [-0.39, 0.29) is 5.97 Å². The number of carbonyl (C=O) groups is 1. The van der Waals surface area contributed by atoms with Crippen molar-refractivity contribution in [2.75, 3.05) is 6.61 Å². The average Bonchev–Trinajstić information content (AvgIpc) is 3.20. The molecule has 0 aliphatic heterocycles. The van der Waals surface area contributed by atoms with E-state index >= 15 is 0 Å². The minimum Gasteiger partial charge on any atom is -0.466 e. The van der Waals surface area contributed by atoms with Crippen LogP contribution in [0.1, 0.15) is 316 Å². The Morgan fingerprint density at radius 2 is 0.661 bits per heavy atom. The fourth-order valence-corrected chi connectivity index (χ4v) is 8.35. The molecule has 0 saturated heterocycles. The fourth-order valence-electron chi connectivity index (χ4n) is 8.35. The molecule has 0 aromatic heterocycles. The lowest BCUT2D eigenvalue weighted by atomic mass is 9.99. The van der Waals surface area contributed by atoms with Crippen LogP contribution in [0.5, 0.6) is 0 Å². The van der Waals surface area contributed by atoms with Crippen LogP contribution in [-0.4, -0.2) is 12.6 Å². The van der Waals surface area contributed by atoms with Gasteiger partial charge in [0.2, 0.25) is 0 Å². The number of ether oxygens (including phenoxy) is 1. The summed E-state index contributed by atoms with van der Waals surface area (Å²) in [6, 6.07) is 0. The van der Waals surface area contributed by atoms with Gasteiger partial charge in [0, 0.05) is 6.42 Å². The molecule has 334 valence electrons. The maximum atomic E-state index is 12.1. The summed E-state index contributed by atoms with van der Waals surface area (Å²) in [4.78, 5) is 12.1. The van der Waals surface area contributed by atoms with E-state index in [9.17, 15) is 4.79 Å². The molecule has 0 spiro atoms. The summed E-state index contributed by atoms with van der Waals surface area (Å²) in [5.74, 6) is 0.967. The van der Waals surface area contributed by atoms with Gasteiger partial charge in [0.15, 0.2) is 0 Å². The molecule has 0 fully saturated rings. The predicted molar refractivity (Wildman–Crippen MR) is 253 cm³/mol. The molecule has 0 heterocycles. The van der Waals surface area contributed by atoms with E-state index in [0.717, 1.165) is 18.8 Å². The van der Waals surface area contributed by atoms with Gasteiger partial charge in [-0.05, 0) is 44.4 Å². The van der Waals surface area contributed by atoms with Gasteiger partial charge in [-0.25, -0.2) is 0 Å². The minimum absolute atomic E-state index is 0.0288. The van der Waals surface area contributed by atoms with Gasteiger partial charge in [-0.1, -0.05) is 283 Å². The maximum absolute atomic E-state index is 12.1. The Labute approximate surface area is 355 Å². The highest BCUT2D eigenvalue weighted by atomic mass is 16.5. The number of unbranched alkanes of at least 4 members (excludes halogenated alkanes) is 40. The Kier molecular flexibility index (Phi) is 49.6. The number of hydrogen-bond acceptors (Lipinski definition) is 2. The highest BCUT2D eigenvalue weighted by molar-refractivity contribution is 5.69. The number of allylic oxidation sites excluding steroid dienone is 2. The molecule has 0 aromatic rings.